The van der Waals surface area contributed by atoms with Gasteiger partial charge < -0.3 is 15.0 Å². The van der Waals surface area contributed by atoms with Gasteiger partial charge in [-0.25, -0.2) is 4.79 Å². The van der Waals surface area contributed by atoms with Crippen molar-refractivity contribution in [1.29, 1.82) is 0 Å². The smallest absolute Gasteiger partial charge is 0.318 e. The number of nitrogens with one attached hydrogen (secondary N) is 2. The van der Waals surface area contributed by atoms with Gasteiger partial charge in [0, 0.05) is 31.5 Å². The molecule has 2 aromatic rings. The summed E-state index contributed by atoms with van der Waals surface area (Å²) in [6.45, 7) is 5.51. The number of H-pyrrole nitrogens is 1. The first-order chi connectivity index (χ1) is 12.0. The fourth-order valence-corrected chi connectivity index (χ4v) is 2.96. The first-order valence-corrected chi connectivity index (χ1v) is 8.55. The first-order valence-electron chi connectivity index (χ1n) is 8.55. The van der Waals surface area contributed by atoms with Gasteiger partial charge >= 0.3 is 6.03 Å². The van der Waals surface area contributed by atoms with Gasteiger partial charge in [0.05, 0.1) is 36.8 Å². The zero-order valence-electron chi connectivity index (χ0n) is 15.3. The molecule has 2 N–H and O–H groups in total. The SMILES string of the molecule is COCc1cc(CNC(=O)N(Cc2c(C)nn(C)c2C)C2CC2)[nH]n1. The summed E-state index contributed by atoms with van der Waals surface area (Å²) in [5, 5.41) is 14.5. The van der Waals surface area contributed by atoms with Gasteiger partial charge in [-0.1, -0.05) is 0 Å². The fourth-order valence-electron chi connectivity index (χ4n) is 2.96. The molecule has 8 nitrogen and oxygen atoms in total. The van der Waals surface area contributed by atoms with Crippen molar-refractivity contribution in [2.75, 3.05) is 7.11 Å². The molecular weight excluding hydrogens is 320 g/mol. The highest BCUT2D eigenvalue weighted by atomic mass is 16.5. The number of amides is 2. The highest BCUT2D eigenvalue weighted by Gasteiger charge is 2.33. The second-order valence-electron chi connectivity index (χ2n) is 6.61. The Bertz CT molecular complexity index is 746. The third-order valence-electron chi connectivity index (χ3n) is 4.64. The van der Waals surface area contributed by atoms with Gasteiger partial charge in [0.2, 0.25) is 0 Å². The van der Waals surface area contributed by atoms with Gasteiger partial charge in [-0.3, -0.25) is 9.78 Å². The van der Waals surface area contributed by atoms with Gasteiger partial charge in [0.1, 0.15) is 0 Å². The standard InChI is InChI=1S/C17H26N6O2/c1-11-16(12(2)22(3)21-11)9-23(15-5-6-15)17(24)18-8-13-7-14(10-25-4)20-19-13/h7,15H,5-6,8-10H2,1-4H3,(H,18,24)(H,19,20). The van der Waals surface area contributed by atoms with Crippen LogP contribution in [0.3, 0.4) is 0 Å². The number of hydrogen-bond donors (Lipinski definition) is 2. The third kappa shape index (κ3) is 4.01. The summed E-state index contributed by atoms with van der Waals surface area (Å²) < 4.78 is 6.92. The van der Waals surface area contributed by atoms with Crippen LogP contribution in [0.5, 0.6) is 0 Å². The maximum Gasteiger partial charge on any atom is 0.318 e. The molecule has 3 rings (SSSR count). The van der Waals surface area contributed by atoms with Gasteiger partial charge in [-0.05, 0) is 32.8 Å². The van der Waals surface area contributed by atoms with E-state index < -0.39 is 0 Å². The molecule has 2 amide bonds. The van der Waals surface area contributed by atoms with E-state index in [4.69, 9.17) is 4.74 Å². The van der Waals surface area contributed by atoms with Crippen LogP contribution in [-0.2, 0) is 31.5 Å². The van der Waals surface area contributed by atoms with E-state index in [2.05, 4.69) is 20.6 Å². The molecule has 2 heterocycles. The third-order valence-corrected chi connectivity index (χ3v) is 4.64. The minimum Gasteiger partial charge on any atom is -0.378 e. The van der Waals surface area contributed by atoms with Crippen molar-refractivity contribution in [3.05, 3.63) is 34.4 Å². The second kappa shape index (κ2) is 7.26. The van der Waals surface area contributed by atoms with E-state index in [0.29, 0.717) is 25.7 Å². The van der Waals surface area contributed by atoms with Crippen LogP contribution in [0.4, 0.5) is 4.79 Å². The highest BCUT2D eigenvalue weighted by Crippen LogP contribution is 2.29. The topological polar surface area (TPSA) is 88.1 Å². The summed E-state index contributed by atoms with van der Waals surface area (Å²) in [7, 11) is 3.56. The fraction of sp³-hybridized carbons (Fsp3) is 0.588. The van der Waals surface area contributed by atoms with E-state index in [1.54, 1.807) is 7.11 Å². The van der Waals surface area contributed by atoms with Gasteiger partial charge in [-0.15, -0.1) is 0 Å². The minimum absolute atomic E-state index is 0.0481. The molecule has 0 aliphatic heterocycles. The Morgan fingerprint density at radius 2 is 2.24 bits per heavy atom. The second-order valence-corrected chi connectivity index (χ2v) is 6.61. The monoisotopic (exact) mass is 346 g/mol. The lowest BCUT2D eigenvalue weighted by atomic mass is 10.2. The lowest BCUT2D eigenvalue weighted by Crippen LogP contribution is -2.40. The van der Waals surface area contributed by atoms with Crippen molar-refractivity contribution in [2.24, 2.45) is 7.05 Å². The van der Waals surface area contributed by atoms with Crippen molar-refractivity contribution in [1.82, 2.24) is 30.2 Å². The summed E-state index contributed by atoms with van der Waals surface area (Å²) in [5.74, 6) is 0. The van der Waals surface area contributed by atoms with Gasteiger partial charge in [0.25, 0.3) is 0 Å². The predicted octanol–water partition coefficient (Wildman–Crippen LogP) is 1.78. The Balaban J connectivity index is 1.63. The molecule has 0 unspecified atom stereocenters. The Hall–Kier alpha value is -2.35. The van der Waals surface area contributed by atoms with Crippen molar-refractivity contribution >= 4 is 6.03 Å². The number of aromatic amines is 1. The summed E-state index contributed by atoms with van der Waals surface area (Å²) in [5.41, 5.74) is 4.91. The molecule has 1 saturated carbocycles. The number of urea groups is 1. The van der Waals surface area contributed by atoms with Crippen LogP contribution in [0, 0.1) is 13.8 Å². The van der Waals surface area contributed by atoms with E-state index >= 15 is 0 Å². The van der Waals surface area contributed by atoms with Crippen LogP contribution < -0.4 is 5.32 Å². The van der Waals surface area contributed by atoms with E-state index in [0.717, 1.165) is 41.2 Å². The molecule has 0 atom stereocenters. The van der Waals surface area contributed by atoms with E-state index in [1.165, 1.54) is 0 Å². The minimum atomic E-state index is -0.0481. The zero-order chi connectivity index (χ0) is 18.0. The number of ether oxygens (including phenoxy) is 1. The van der Waals surface area contributed by atoms with E-state index in [-0.39, 0.29) is 6.03 Å². The van der Waals surface area contributed by atoms with Gasteiger partial charge in [0.15, 0.2) is 0 Å². The number of hydrogen-bond acceptors (Lipinski definition) is 4. The molecule has 136 valence electrons. The summed E-state index contributed by atoms with van der Waals surface area (Å²) in [4.78, 5) is 14.6. The van der Waals surface area contributed by atoms with Crippen LogP contribution in [0.1, 0.15) is 41.2 Å². The molecule has 0 bridgehead atoms. The Labute approximate surface area is 147 Å². The number of aromatic nitrogens is 4. The molecule has 0 aromatic carbocycles. The molecular formula is C17H26N6O2. The van der Waals surface area contributed by atoms with Crippen LogP contribution in [0.2, 0.25) is 0 Å². The molecule has 2 aromatic heterocycles. The Morgan fingerprint density at radius 3 is 2.84 bits per heavy atom. The first kappa shape index (κ1) is 17.5. The van der Waals surface area contributed by atoms with Crippen molar-refractivity contribution in [2.45, 2.75) is 52.4 Å². The maximum absolute atomic E-state index is 12.7. The summed E-state index contributed by atoms with van der Waals surface area (Å²) in [6.07, 6.45) is 2.13. The number of carbonyl (C=O) groups is 1. The molecule has 0 radical (unpaired) electrons. The average Bonchev–Trinajstić information content (AvgIpc) is 3.27. The van der Waals surface area contributed by atoms with Crippen molar-refractivity contribution in [3.8, 4) is 0 Å². The van der Waals surface area contributed by atoms with Crippen LogP contribution >= 0.6 is 0 Å². The molecule has 1 fully saturated rings. The van der Waals surface area contributed by atoms with Crippen LogP contribution in [0.15, 0.2) is 6.07 Å². The number of rotatable bonds is 7. The largest absolute Gasteiger partial charge is 0.378 e. The number of nitrogens with zero attached hydrogens (tertiary/aromatic N) is 4. The lowest BCUT2D eigenvalue weighted by molar-refractivity contribution is 0.181. The molecule has 25 heavy (non-hydrogen) atoms. The molecule has 1 aliphatic carbocycles. The molecule has 8 heteroatoms. The van der Waals surface area contributed by atoms with Crippen LogP contribution in [0.25, 0.3) is 0 Å². The average molecular weight is 346 g/mol. The van der Waals surface area contributed by atoms with E-state index in [9.17, 15) is 4.79 Å². The quantitative estimate of drug-likeness (QED) is 0.800. The Kier molecular flexibility index (Phi) is 5.08. The summed E-state index contributed by atoms with van der Waals surface area (Å²) >= 11 is 0. The highest BCUT2D eigenvalue weighted by molar-refractivity contribution is 5.75. The zero-order valence-corrected chi connectivity index (χ0v) is 15.3. The molecule has 1 aliphatic rings. The maximum atomic E-state index is 12.7. The number of carbonyl (C=O) groups excluding carboxylic acids is 1. The van der Waals surface area contributed by atoms with Gasteiger partial charge in [-0.2, -0.15) is 10.2 Å². The number of methoxy groups -OCH3 is 1. The molecule has 0 saturated heterocycles. The number of aryl methyl sites for hydroxylation is 2. The lowest BCUT2D eigenvalue weighted by Gasteiger charge is -2.23. The molecule has 0 spiro atoms. The normalized spacial score (nSPS) is 13.9. The predicted molar refractivity (Wildman–Crippen MR) is 92.8 cm³/mol. The van der Waals surface area contributed by atoms with Crippen LogP contribution in [-0.4, -0.2) is 44.1 Å². The van der Waals surface area contributed by atoms with E-state index in [1.807, 2.05) is 36.5 Å². The van der Waals surface area contributed by atoms with Crippen molar-refractivity contribution < 1.29 is 9.53 Å². The Morgan fingerprint density at radius 1 is 1.48 bits per heavy atom. The summed E-state index contributed by atoms with van der Waals surface area (Å²) in [6, 6.07) is 2.18. The van der Waals surface area contributed by atoms with Crippen molar-refractivity contribution in [3.63, 3.8) is 0 Å².